The van der Waals surface area contributed by atoms with Crippen LogP contribution in [0, 0.1) is 5.41 Å². The van der Waals surface area contributed by atoms with E-state index >= 15 is 0 Å². The van der Waals surface area contributed by atoms with E-state index in [1.807, 2.05) is 6.92 Å². The van der Waals surface area contributed by atoms with Gasteiger partial charge in [0.05, 0.1) is 11.0 Å². The van der Waals surface area contributed by atoms with E-state index in [4.69, 9.17) is 9.84 Å². The van der Waals surface area contributed by atoms with Crippen molar-refractivity contribution in [2.45, 2.75) is 46.6 Å². The molecule has 0 unspecified atom stereocenters. The number of carbonyl (C=O) groups is 2. The number of rotatable bonds is 7. The summed E-state index contributed by atoms with van der Waals surface area (Å²) in [6.07, 6.45) is 0.845. The first-order valence-corrected chi connectivity index (χ1v) is 5.77. The minimum absolute atomic E-state index is 0.0348. The molecule has 0 radical (unpaired) electrons. The number of amides is 1. The molecular weight excluding hydrogens is 222 g/mol. The van der Waals surface area contributed by atoms with Crippen molar-refractivity contribution in [1.29, 1.82) is 0 Å². The Labute approximate surface area is 103 Å². The second kappa shape index (κ2) is 6.00. The lowest BCUT2D eigenvalue weighted by Crippen LogP contribution is -2.57. The summed E-state index contributed by atoms with van der Waals surface area (Å²) in [6, 6.07) is 0. The molecule has 0 aromatic heterocycles. The Morgan fingerprint density at radius 2 is 1.76 bits per heavy atom. The second-order valence-electron chi connectivity index (χ2n) is 5.16. The number of hydrogen-bond acceptors (Lipinski definition) is 3. The molecule has 0 rings (SSSR count). The number of carbonyl (C=O) groups excluding carboxylic acids is 1. The van der Waals surface area contributed by atoms with Crippen molar-refractivity contribution in [1.82, 2.24) is 5.32 Å². The Bertz CT molecular complexity index is 284. The summed E-state index contributed by atoms with van der Waals surface area (Å²) in [5.74, 6) is -1.24. The lowest BCUT2D eigenvalue weighted by molar-refractivity contribution is -0.152. The van der Waals surface area contributed by atoms with Crippen LogP contribution in [0.4, 0.5) is 0 Å². The zero-order valence-corrected chi connectivity index (χ0v) is 11.3. The molecule has 1 amide bonds. The molecule has 17 heavy (non-hydrogen) atoms. The van der Waals surface area contributed by atoms with E-state index in [1.165, 1.54) is 0 Å². The van der Waals surface area contributed by atoms with E-state index in [-0.39, 0.29) is 12.5 Å². The molecule has 0 saturated carbocycles. The predicted molar refractivity (Wildman–Crippen MR) is 64.7 cm³/mol. The fourth-order valence-electron chi connectivity index (χ4n) is 1.12. The normalized spacial score (nSPS) is 12.3. The molecule has 0 aliphatic rings. The van der Waals surface area contributed by atoms with E-state index in [0.29, 0.717) is 6.61 Å². The van der Waals surface area contributed by atoms with Crippen LogP contribution in [0.15, 0.2) is 0 Å². The quantitative estimate of drug-likeness (QED) is 0.665. The maximum atomic E-state index is 11.6. The van der Waals surface area contributed by atoms with Crippen molar-refractivity contribution in [3.05, 3.63) is 0 Å². The van der Waals surface area contributed by atoms with Gasteiger partial charge in [-0.05, 0) is 34.1 Å². The van der Waals surface area contributed by atoms with Crippen molar-refractivity contribution in [3.63, 3.8) is 0 Å². The van der Waals surface area contributed by atoms with Crippen LogP contribution in [0.25, 0.3) is 0 Å². The third-order valence-corrected chi connectivity index (χ3v) is 3.13. The van der Waals surface area contributed by atoms with Crippen molar-refractivity contribution < 1.29 is 19.4 Å². The van der Waals surface area contributed by atoms with Crippen LogP contribution in [0.1, 0.15) is 41.0 Å². The molecule has 2 N–H and O–H groups in total. The van der Waals surface area contributed by atoms with Crippen LogP contribution >= 0.6 is 0 Å². The number of nitrogens with one attached hydrogen (secondary N) is 1. The van der Waals surface area contributed by atoms with Gasteiger partial charge in [0.25, 0.3) is 0 Å². The van der Waals surface area contributed by atoms with Crippen LogP contribution < -0.4 is 5.32 Å². The first-order valence-electron chi connectivity index (χ1n) is 5.77. The monoisotopic (exact) mass is 245 g/mol. The Balaban J connectivity index is 4.44. The molecule has 0 aromatic rings. The van der Waals surface area contributed by atoms with Gasteiger partial charge in [0.15, 0.2) is 0 Å². The van der Waals surface area contributed by atoms with Gasteiger partial charge in [0.1, 0.15) is 6.61 Å². The third-order valence-electron chi connectivity index (χ3n) is 3.13. The van der Waals surface area contributed by atoms with Crippen LogP contribution in [-0.2, 0) is 14.3 Å². The zero-order valence-electron chi connectivity index (χ0n) is 11.3. The molecule has 0 bridgehead atoms. The fraction of sp³-hybridized carbons (Fsp3) is 0.833. The van der Waals surface area contributed by atoms with Gasteiger partial charge in [-0.1, -0.05) is 6.92 Å². The van der Waals surface area contributed by atoms with Gasteiger partial charge >= 0.3 is 5.97 Å². The van der Waals surface area contributed by atoms with Crippen molar-refractivity contribution in [2.75, 3.05) is 13.2 Å². The summed E-state index contributed by atoms with van der Waals surface area (Å²) in [7, 11) is 0. The van der Waals surface area contributed by atoms with E-state index in [0.717, 1.165) is 6.42 Å². The van der Waals surface area contributed by atoms with Crippen LogP contribution in [0.2, 0.25) is 0 Å². The highest BCUT2D eigenvalue weighted by molar-refractivity contribution is 5.81. The first kappa shape index (κ1) is 15.9. The van der Waals surface area contributed by atoms with E-state index in [9.17, 15) is 9.59 Å². The maximum Gasteiger partial charge on any atom is 0.311 e. The fourth-order valence-corrected chi connectivity index (χ4v) is 1.12. The second-order valence-corrected chi connectivity index (χ2v) is 5.16. The van der Waals surface area contributed by atoms with Gasteiger partial charge in [0.2, 0.25) is 5.91 Å². The lowest BCUT2D eigenvalue weighted by atomic mass is 9.74. The molecule has 5 heteroatoms. The van der Waals surface area contributed by atoms with Gasteiger partial charge in [-0.15, -0.1) is 0 Å². The molecule has 0 atom stereocenters. The zero-order chi connectivity index (χ0) is 13.7. The molecule has 0 aliphatic carbocycles. The first-order chi connectivity index (χ1) is 7.65. The molecule has 0 fully saturated rings. The molecule has 0 heterocycles. The molecule has 0 saturated heterocycles. The van der Waals surface area contributed by atoms with E-state index in [1.54, 1.807) is 27.7 Å². The van der Waals surface area contributed by atoms with Gasteiger partial charge in [-0.25, -0.2) is 0 Å². The van der Waals surface area contributed by atoms with Crippen LogP contribution in [0.5, 0.6) is 0 Å². The standard InChI is InChI=1S/C12H23NO4/c1-6-7-17-8-9(14)13-12(4,5)11(2,3)10(15)16/h6-8H2,1-5H3,(H,13,14)(H,15,16). The minimum atomic E-state index is -1.05. The largest absolute Gasteiger partial charge is 0.481 e. The van der Waals surface area contributed by atoms with E-state index < -0.39 is 16.9 Å². The predicted octanol–water partition coefficient (Wildman–Crippen LogP) is 1.42. The smallest absolute Gasteiger partial charge is 0.311 e. The number of ether oxygens (including phenoxy) is 1. The lowest BCUT2D eigenvalue weighted by Gasteiger charge is -2.38. The molecule has 100 valence electrons. The molecule has 0 aliphatic heterocycles. The minimum Gasteiger partial charge on any atom is -0.481 e. The van der Waals surface area contributed by atoms with Crippen LogP contribution in [0.3, 0.4) is 0 Å². The summed E-state index contributed by atoms with van der Waals surface area (Å²) in [6.45, 7) is 9.00. The molecular formula is C12H23NO4. The summed E-state index contributed by atoms with van der Waals surface area (Å²) in [4.78, 5) is 22.7. The maximum absolute atomic E-state index is 11.6. The Morgan fingerprint density at radius 1 is 1.24 bits per heavy atom. The Morgan fingerprint density at radius 3 is 2.18 bits per heavy atom. The number of carboxylic acids is 1. The molecule has 5 nitrogen and oxygen atoms in total. The summed E-state index contributed by atoms with van der Waals surface area (Å²) in [5, 5.41) is 11.8. The van der Waals surface area contributed by atoms with Gasteiger partial charge in [-0.2, -0.15) is 0 Å². The topological polar surface area (TPSA) is 75.6 Å². The Kier molecular flexibility index (Phi) is 5.61. The summed E-state index contributed by atoms with van der Waals surface area (Å²) < 4.78 is 5.10. The van der Waals surface area contributed by atoms with E-state index in [2.05, 4.69) is 5.32 Å². The summed E-state index contributed by atoms with van der Waals surface area (Å²) >= 11 is 0. The van der Waals surface area contributed by atoms with Gasteiger partial charge < -0.3 is 15.2 Å². The van der Waals surface area contributed by atoms with Gasteiger partial charge in [0, 0.05) is 6.61 Å². The third kappa shape index (κ3) is 4.34. The van der Waals surface area contributed by atoms with Crippen molar-refractivity contribution in [3.8, 4) is 0 Å². The SMILES string of the molecule is CCCOCC(=O)NC(C)(C)C(C)(C)C(=O)O. The highest BCUT2D eigenvalue weighted by Crippen LogP contribution is 2.30. The Hall–Kier alpha value is -1.10. The number of hydrogen-bond donors (Lipinski definition) is 2. The average Bonchev–Trinajstić information content (AvgIpc) is 2.16. The highest BCUT2D eigenvalue weighted by Gasteiger charge is 2.44. The summed E-state index contributed by atoms with van der Waals surface area (Å²) in [5.41, 5.74) is -1.89. The van der Waals surface area contributed by atoms with Crippen molar-refractivity contribution >= 4 is 11.9 Å². The molecule has 0 aromatic carbocycles. The number of carboxylic acid groups (broad SMARTS) is 1. The molecule has 0 spiro atoms. The van der Waals surface area contributed by atoms with Crippen molar-refractivity contribution in [2.24, 2.45) is 5.41 Å². The highest BCUT2D eigenvalue weighted by atomic mass is 16.5. The van der Waals surface area contributed by atoms with Crippen LogP contribution in [-0.4, -0.2) is 35.7 Å². The number of aliphatic carboxylic acids is 1. The van der Waals surface area contributed by atoms with Gasteiger partial charge in [-0.3, -0.25) is 9.59 Å². The average molecular weight is 245 g/mol.